The van der Waals surface area contributed by atoms with Gasteiger partial charge in [0.1, 0.15) is 11.6 Å². The monoisotopic (exact) mass is 391 g/mol. The van der Waals surface area contributed by atoms with E-state index < -0.39 is 5.54 Å². The minimum atomic E-state index is -0.438. The summed E-state index contributed by atoms with van der Waals surface area (Å²) in [6, 6.07) is 0.0425. The molecule has 3 aliphatic heterocycles. The first-order valence-corrected chi connectivity index (χ1v) is 10.4. The third kappa shape index (κ3) is 2.96. The Bertz CT molecular complexity index is 696. The number of rotatable bonds is 3. The Balaban J connectivity index is 1.30. The topological polar surface area (TPSA) is 103 Å². The zero-order valence-electron chi connectivity index (χ0n) is 16.2. The van der Waals surface area contributed by atoms with Crippen LogP contribution in [0.1, 0.15) is 25.7 Å². The van der Waals surface area contributed by atoms with Gasteiger partial charge in [-0.05, 0) is 5.92 Å². The van der Waals surface area contributed by atoms with Gasteiger partial charge in [0.2, 0.25) is 0 Å². The van der Waals surface area contributed by atoms with Gasteiger partial charge in [-0.15, -0.1) is 0 Å². The van der Waals surface area contributed by atoms with Crippen LogP contribution in [0.2, 0.25) is 0 Å². The van der Waals surface area contributed by atoms with Crippen LogP contribution in [0.25, 0.3) is 0 Å². The minimum absolute atomic E-state index is 0.0425. The fourth-order valence-corrected chi connectivity index (χ4v) is 5.84. The number of ether oxygens (including phenoxy) is 1. The molecule has 9 heteroatoms. The van der Waals surface area contributed by atoms with E-state index in [0.29, 0.717) is 70.9 Å². The molecule has 3 heterocycles. The molecule has 28 heavy (non-hydrogen) atoms. The Morgan fingerprint density at radius 1 is 1.00 bits per heavy atom. The average Bonchev–Trinajstić information content (AvgIpc) is 3.37. The Labute approximate surface area is 164 Å². The summed E-state index contributed by atoms with van der Waals surface area (Å²) in [6.07, 6.45) is 2.07. The van der Waals surface area contributed by atoms with E-state index in [1.54, 1.807) is 0 Å². The van der Waals surface area contributed by atoms with Crippen molar-refractivity contribution in [1.82, 2.24) is 26.0 Å². The largest absolute Gasteiger partial charge is 0.378 e. The molecule has 9 nitrogen and oxygen atoms in total. The standard InChI is InChI=1S/C19H29N5O4/c25-15-5-13-9-20-11-18(13,7-15)21-22-19-8-16(26)6-14(19)10-24(12-19)17(27)23-1-3-28-4-2-23/h13-14,20-22H,1-12H2/t13-,14+,18-,19+/m1/s1. The van der Waals surface area contributed by atoms with Gasteiger partial charge in [0.05, 0.1) is 24.3 Å². The van der Waals surface area contributed by atoms with Gasteiger partial charge >= 0.3 is 6.03 Å². The van der Waals surface area contributed by atoms with Crippen molar-refractivity contribution in [3.8, 4) is 0 Å². The molecule has 0 unspecified atom stereocenters. The number of ketones is 2. The van der Waals surface area contributed by atoms with Crippen molar-refractivity contribution in [3.63, 3.8) is 0 Å². The lowest BCUT2D eigenvalue weighted by molar-refractivity contribution is -0.119. The molecule has 2 saturated carbocycles. The average molecular weight is 391 g/mol. The van der Waals surface area contributed by atoms with Gasteiger partial charge < -0.3 is 19.9 Å². The summed E-state index contributed by atoms with van der Waals surface area (Å²) in [4.78, 5) is 41.0. The molecule has 0 aromatic rings. The van der Waals surface area contributed by atoms with Crippen molar-refractivity contribution in [1.29, 1.82) is 0 Å². The van der Waals surface area contributed by atoms with Crippen molar-refractivity contribution < 1.29 is 19.1 Å². The summed E-state index contributed by atoms with van der Waals surface area (Å²) in [7, 11) is 0. The number of hydrogen-bond acceptors (Lipinski definition) is 7. The maximum atomic E-state index is 12.9. The van der Waals surface area contributed by atoms with E-state index in [1.165, 1.54) is 0 Å². The quantitative estimate of drug-likeness (QED) is 0.524. The van der Waals surface area contributed by atoms with E-state index in [9.17, 15) is 14.4 Å². The maximum Gasteiger partial charge on any atom is 0.320 e. The number of hydrazine groups is 1. The first-order chi connectivity index (χ1) is 13.5. The Hall–Kier alpha value is -1.55. The van der Waals surface area contributed by atoms with E-state index in [-0.39, 0.29) is 29.2 Å². The number of nitrogens with zero attached hydrogens (tertiary/aromatic N) is 2. The molecule has 2 aliphatic carbocycles. The first-order valence-electron chi connectivity index (χ1n) is 10.4. The third-order valence-electron chi connectivity index (χ3n) is 7.39. The lowest BCUT2D eigenvalue weighted by Crippen LogP contribution is -2.64. The van der Waals surface area contributed by atoms with Crippen molar-refractivity contribution >= 4 is 17.6 Å². The van der Waals surface area contributed by atoms with E-state index in [2.05, 4.69) is 16.2 Å². The van der Waals surface area contributed by atoms with Gasteiger partial charge in [-0.25, -0.2) is 15.6 Å². The number of urea groups is 1. The molecule has 2 amide bonds. The molecule has 0 aromatic carbocycles. The smallest absolute Gasteiger partial charge is 0.320 e. The normalized spacial score (nSPS) is 40.3. The predicted molar refractivity (Wildman–Crippen MR) is 99.4 cm³/mol. The summed E-state index contributed by atoms with van der Waals surface area (Å²) < 4.78 is 5.35. The molecule has 0 radical (unpaired) electrons. The van der Waals surface area contributed by atoms with Crippen LogP contribution in [0, 0.1) is 11.8 Å². The summed E-state index contributed by atoms with van der Waals surface area (Å²) in [5, 5.41) is 3.39. The van der Waals surface area contributed by atoms with E-state index >= 15 is 0 Å². The maximum absolute atomic E-state index is 12.9. The van der Waals surface area contributed by atoms with Crippen LogP contribution in [0.5, 0.6) is 0 Å². The van der Waals surface area contributed by atoms with E-state index in [1.807, 2.05) is 9.80 Å². The highest BCUT2D eigenvalue weighted by atomic mass is 16.5. The zero-order valence-corrected chi connectivity index (χ0v) is 16.2. The zero-order chi connectivity index (χ0) is 19.4. The number of likely N-dealkylation sites (tertiary alicyclic amines) is 1. The summed E-state index contributed by atoms with van der Waals surface area (Å²) in [5.41, 5.74) is 6.28. The fraction of sp³-hybridized carbons (Fsp3) is 0.842. The van der Waals surface area contributed by atoms with Crippen molar-refractivity contribution in [2.45, 2.75) is 36.8 Å². The fourth-order valence-electron chi connectivity index (χ4n) is 5.84. The number of carbonyl (C=O) groups is 3. The van der Waals surface area contributed by atoms with Gasteiger partial charge in [-0.2, -0.15) is 0 Å². The number of carbonyl (C=O) groups excluding carboxylic acids is 3. The van der Waals surface area contributed by atoms with Crippen LogP contribution in [0.4, 0.5) is 4.79 Å². The van der Waals surface area contributed by atoms with Crippen LogP contribution < -0.4 is 16.2 Å². The minimum Gasteiger partial charge on any atom is -0.378 e. The molecule has 4 atom stereocenters. The number of nitrogens with one attached hydrogen (secondary N) is 3. The summed E-state index contributed by atoms with van der Waals surface area (Å²) in [5.74, 6) is 0.942. The molecule has 5 rings (SSSR count). The number of Topliss-reactive ketones (excluding diaryl/α,β-unsaturated/α-hetero) is 2. The second-order valence-electron chi connectivity index (χ2n) is 9.19. The Morgan fingerprint density at radius 2 is 1.68 bits per heavy atom. The molecule has 0 spiro atoms. The molecule has 0 bridgehead atoms. The predicted octanol–water partition coefficient (Wildman–Crippen LogP) is -1.11. The molecular weight excluding hydrogens is 362 g/mol. The Kier molecular flexibility index (Phi) is 4.46. The summed E-state index contributed by atoms with van der Waals surface area (Å²) >= 11 is 0. The Morgan fingerprint density at radius 3 is 2.46 bits per heavy atom. The van der Waals surface area contributed by atoms with Crippen LogP contribution in [-0.2, 0) is 14.3 Å². The highest BCUT2D eigenvalue weighted by Gasteiger charge is 2.57. The molecule has 5 aliphatic rings. The second-order valence-corrected chi connectivity index (χ2v) is 9.19. The second kappa shape index (κ2) is 6.76. The molecule has 3 N–H and O–H groups in total. The molecule has 5 fully saturated rings. The molecule has 0 aromatic heterocycles. The number of amides is 2. The van der Waals surface area contributed by atoms with Crippen LogP contribution in [0.3, 0.4) is 0 Å². The van der Waals surface area contributed by atoms with E-state index in [0.717, 1.165) is 13.1 Å². The van der Waals surface area contributed by atoms with Crippen molar-refractivity contribution in [2.24, 2.45) is 11.8 Å². The summed E-state index contributed by atoms with van der Waals surface area (Å²) in [6.45, 7) is 5.12. The van der Waals surface area contributed by atoms with Gasteiger partial charge in [0, 0.05) is 70.9 Å². The van der Waals surface area contributed by atoms with E-state index in [4.69, 9.17) is 4.74 Å². The molecule has 3 saturated heterocycles. The number of hydrogen-bond donors (Lipinski definition) is 3. The third-order valence-corrected chi connectivity index (χ3v) is 7.39. The van der Waals surface area contributed by atoms with Crippen LogP contribution >= 0.6 is 0 Å². The van der Waals surface area contributed by atoms with Gasteiger partial charge in [-0.3, -0.25) is 9.59 Å². The SMILES string of the molecule is O=C1C[C@@H]2CNC[C@]2(NN[C@]23CC(=O)C[C@H]2CN(C(=O)N2CCOCC2)C3)C1. The van der Waals surface area contributed by atoms with Crippen molar-refractivity contribution in [2.75, 3.05) is 52.5 Å². The molecule has 154 valence electrons. The van der Waals surface area contributed by atoms with Gasteiger partial charge in [0.25, 0.3) is 0 Å². The lowest BCUT2D eigenvalue weighted by atomic mass is 9.89. The van der Waals surface area contributed by atoms with Crippen LogP contribution in [-0.4, -0.2) is 91.0 Å². The van der Waals surface area contributed by atoms with Gasteiger partial charge in [-0.1, -0.05) is 0 Å². The van der Waals surface area contributed by atoms with Crippen LogP contribution in [0.15, 0.2) is 0 Å². The van der Waals surface area contributed by atoms with Crippen molar-refractivity contribution in [3.05, 3.63) is 0 Å². The van der Waals surface area contributed by atoms with Gasteiger partial charge in [0.15, 0.2) is 0 Å². The first kappa shape index (κ1) is 18.5. The highest BCUT2D eigenvalue weighted by Crippen LogP contribution is 2.41. The highest BCUT2D eigenvalue weighted by molar-refractivity contribution is 5.85. The molecular formula is C19H29N5O4. The lowest BCUT2D eigenvalue weighted by Gasteiger charge is -2.37. The number of morpholine rings is 1. The number of fused-ring (bicyclic) bond motifs is 2.